The van der Waals surface area contributed by atoms with E-state index in [1.807, 2.05) is 72.8 Å². The van der Waals surface area contributed by atoms with Gasteiger partial charge in [0.05, 0.1) is 63.2 Å². The molecule has 2 aromatic rings. The van der Waals surface area contributed by atoms with Gasteiger partial charge in [-0.15, -0.1) is 0 Å². The van der Waals surface area contributed by atoms with Crippen LogP contribution in [0.3, 0.4) is 0 Å². The molecule has 0 spiro atoms. The molecule has 0 aromatic heterocycles. The molecule has 6 nitrogen and oxygen atoms in total. The first-order valence-corrected chi connectivity index (χ1v) is 20.1. The van der Waals surface area contributed by atoms with Crippen molar-refractivity contribution in [3.8, 4) is 0 Å². The lowest BCUT2D eigenvalue weighted by atomic mass is 9.99. The van der Waals surface area contributed by atoms with Gasteiger partial charge in [0.2, 0.25) is 0 Å². The Morgan fingerprint density at radius 2 is 0.940 bits per heavy atom. The lowest BCUT2D eigenvalue weighted by Gasteiger charge is -2.36. The van der Waals surface area contributed by atoms with Crippen molar-refractivity contribution in [2.24, 2.45) is 11.8 Å². The minimum Gasteiger partial charge on any atom is -0.462 e. The molecule has 6 rings (SSSR count). The van der Waals surface area contributed by atoms with E-state index in [4.69, 9.17) is 9.47 Å². The lowest BCUT2D eigenvalue weighted by molar-refractivity contribution is -0.929. The molecule has 0 N–H and O–H groups in total. The van der Waals surface area contributed by atoms with Gasteiger partial charge >= 0.3 is 11.9 Å². The summed E-state index contributed by atoms with van der Waals surface area (Å²) in [5.41, 5.74) is 2.05. The van der Waals surface area contributed by atoms with E-state index in [1.54, 1.807) is 12.2 Å². The molecule has 2 unspecified atom stereocenters. The van der Waals surface area contributed by atoms with Crippen LogP contribution in [0.15, 0.2) is 72.8 Å². The number of quaternary nitrogens is 2. The monoisotopic (exact) mass is 682 g/mol. The minimum atomic E-state index is -0.214. The Balaban J connectivity index is 0.804. The number of benzene rings is 2. The fourth-order valence-corrected chi connectivity index (χ4v) is 10.3. The van der Waals surface area contributed by atoms with Crippen LogP contribution in [0.4, 0.5) is 0 Å². The molecule has 4 aliphatic rings. The van der Waals surface area contributed by atoms with Gasteiger partial charge in [-0.2, -0.15) is 0 Å². The number of carbonyl (C=O) groups excluding carboxylic acids is 2. The predicted octanol–water partition coefficient (Wildman–Crippen LogP) is 8.62. The number of esters is 2. The van der Waals surface area contributed by atoms with E-state index in [2.05, 4.69) is 0 Å². The second-order valence-corrected chi connectivity index (χ2v) is 15.9. The van der Waals surface area contributed by atoms with E-state index in [9.17, 15) is 9.59 Å². The number of ether oxygens (including phenoxy) is 2. The summed E-state index contributed by atoms with van der Waals surface area (Å²) >= 11 is 0. The molecule has 6 atom stereocenters. The van der Waals surface area contributed by atoms with Crippen LogP contribution >= 0.6 is 0 Å². The number of fused-ring (bicyclic) bond motifs is 2. The quantitative estimate of drug-likeness (QED) is 0.0645. The van der Waals surface area contributed by atoms with E-state index >= 15 is 0 Å². The SMILES string of the molecule is O=C(/C=C/c1ccccc1)OC[C@@H]1CC[N+]2(CCCCCCCCCC[N+]34CCC[C@@H]3[C@H](COC(=O)/C=C/c3ccccc3)CC4)CCC[C@H]12. The number of unbranched alkanes of at least 4 members (excludes halogenated alkanes) is 7. The Hall–Kier alpha value is -3.22. The molecular formula is C44H62N2O4+2. The van der Waals surface area contributed by atoms with Crippen molar-refractivity contribution in [2.45, 2.75) is 102 Å². The minimum absolute atomic E-state index is 0.214. The van der Waals surface area contributed by atoms with Crippen molar-refractivity contribution in [3.05, 3.63) is 83.9 Å². The van der Waals surface area contributed by atoms with Crippen molar-refractivity contribution in [2.75, 3.05) is 52.5 Å². The number of hydrogen-bond acceptors (Lipinski definition) is 4. The molecule has 4 fully saturated rings. The number of hydrogen-bond donors (Lipinski definition) is 0. The molecule has 2 aromatic carbocycles. The second-order valence-electron chi connectivity index (χ2n) is 15.9. The summed E-state index contributed by atoms with van der Waals surface area (Å²) in [6, 6.07) is 21.3. The van der Waals surface area contributed by atoms with Crippen molar-refractivity contribution in [1.29, 1.82) is 0 Å². The summed E-state index contributed by atoms with van der Waals surface area (Å²) in [6.07, 6.45) is 25.3. The van der Waals surface area contributed by atoms with Crippen LogP contribution < -0.4 is 0 Å². The van der Waals surface area contributed by atoms with Crippen LogP contribution in [0.2, 0.25) is 0 Å². The fourth-order valence-electron chi connectivity index (χ4n) is 10.3. The van der Waals surface area contributed by atoms with E-state index in [0.717, 1.165) is 11.1 Å². The van der Waals surface area contributed by atoms with Crippen LogP contribution in [0.1, 0.15) is 101 Å². The Bertz CT molecular complexity index is 1300. The van der Waals surface area contributed by atoms with E-state index in [0.29, 0.717) is 37.1 Å². The summed E-state index contributed by atoms with van der Waals surface area (Å²) in [5, 5.41) is 0. The highest BCUT2D eigenvalue weighted by Gasteiger charge is 2.52. The van der Waals surface area contributed by atoms with Crippen LogP contribution in [-0.4, -0.2) is 85.5 Å². The predicted molar refractivity (Wildman–Crippen MR) is 202 cm³/mol. The maximum Gasteiger partial charge on any atom is 0.330 e. The zero-order valence-electron chi connectivity index (χ0n) is 30.5. The average molecular weight is 683 g/mol. The summed E-state index contributed by atoms with van der Waals surface area (Å²) in [4.78, 5) is 24.8. The van der Waals surface area contributed by atoms with Crippen molar-refractivity contribution in [3.63, 3.8) is 0 Å². The molecule has 4 aliphatic heterocycles. The number of rotatable bonds is 19. The molecule has 0 aliphatic carbocycles. The van der Waals surface area contributed by atoms with Gasteiger partial charge in [-0.1, -0.05) is 86.3 Å². The van der Waals surface area contributed by atoms with Crippen molar-refractivity contribution < 1.29 is 28.0 Å². The highest BCUT2D eigenvalue weighted by Crippen LogP contribution is 2.42. The molecule has 6 heteroatoms. The first-order chi connectivity index (χ1) is 24.6. The van der Waals surface area contributed by atoms with Crippen LogP contribution in [0.5, 0.6) is 0 Å². The van der Waals surface area contributed by atoms with Crippen molar-refractivity contribution in [1.82, 2.24) is 0 Å². The zero-order chi connectivity index (χ0) is 34.5. The molecule has 4 saturated heterocycles. The van der Waals surface area contributed by atoms with Gasteiger partial charge in [-0.05, 0) is 49.0 Å². The van der Waals surface area contributed by atoms with E-state index in [-0.39, 0.29) is 11.9 Å². The van der Waals surface area contributed by atoms with Gasteiger partial charge in [0, 0.05) is 50.7 Å². The van der Waals surface area contributed by atoms with Gasteiger partial charge in [-0.3, -0.25) is 0 Å². The standard InChI is InChI=1S/C44H62N2O4/c47-43(25-23-37-17-9-7-10-18-37)49-35-39-27-33-45(31-15-21-41(39)45)29-13-5-3-1-2-4-6-14-30-46-32-16-22-42(46)40(28-34-46)36-50-44(48)26-24-38-19-11-8-12-20-38/h7-12,17-20,23-26,39-42H,1-6,13-16,21-22,27-36H2/q+2/b25-23+,26-24+/t39-,40-,41+,42+,45?,46?/m0/s1. The topological polar surface area (TPSA) is 52.6 Å². The van der Waals surface area contributed by atoms with Crippen LogP contribution in [0, 0.1) is 11.8 Å². The maximum atomic E-state index is 12.4. The molecule has 0 saturated carbocycles. The molecule has 50 heavy (non-hydrogen) atoms. The normalized spacial score (nSPS) is 28.7. The molecular weight excluding hydrogens is 620 g/mol. The largest absolute Gasteiger partial charge is 0.462 e. The Morgan fingerprint density at radius 3 is 1.36 bits per heavy atom. The summed E-state index contributed by atoms with van der Waals surface area (Å²) in [7, 11) is 0. The van der Waals surface area contributed by atoms with Gasteiger partial charge in [0.15, 0.2) is 0 Å². The third-order valence-corrected chi connectivity index (χ3v) is 12.9. The van der Waals surface area contributed by atoms with Gasteiger partial charge in [0.1, 0.15) is 13.2 Å². The second kappa shape index (κ2) is 18.3. The van der Waals surface area contributed by atoms with E-state index in [1.165, 1.54) is 138 Å². The lowest BCUT2D eigenvalue weighted by Crippen LogP contribution is -2.49. The van der Waals surface area contributed by atoms with Crippen LogP contribution in [0.25, 0.3) is 12.2 Å². The fraction of sp³-hybridized carbons (Fsp3) is 0.591. The summed E-state index contributed by atoms with van der Waals surface area (Å²) in [6.45, 7) is 8.96. The first kappa shape index (κ1) is 36.6. The van der Waals surface area contributed by atoms with Crippen LogP contribution in [-0.2, 0) is 19.1 Å². The maximum absolute atomic E-state index is 12.4. The van der Waals surface area contributed by atoms with Gasteiger partial charge in [0.25, 0.3) is 0 Å². The Morgan fingerprint density at radius 1 is 0.540 bits per heavy atom. The molecule has 0 bridgehead atoms. The Labute approximate surface area is 301 Å². The third kappa shape index (κ3) is 9.76. The number of carbonyl (C=O) groups is 2. The van der Waals surface area contributed by atoms with Gasteiger partial charge in [-0.25, -0.2) is 9.59 Å². The third-order valence-electron chi connectivity index (χ3n) is 12.9. The Kier molecular flexibility index (Phi) is 13.4. The molecule has 270 valence electrons. The average Bonchev–Trinajstić information content (AvgIpc) is 3.91. The molecule has 0 amide bonds. The summed E-state index contributed by atoms with van der Waals surface area (Å²) in [5.74, 6) is 0.608. The molecule has 0 radical (unpaired) electrons. The van der Waals surface area contributed by atoms with E-state index < -0.39 is 0 Å². The smallest absolute Gasteiger partial charge is 0.330 e. The molecule has 4 heterocycles. The summed E-state index contributed by atoms with van der Waals surface area (Å²) < 4.78 is 14.0. The van der Waals surface area contributed by atoms with Gasteiger partial charge < -0.3 is 18.4 Å². The number of nitrogens with zero attached hydrogens (tertiary/aromatic N) is 2. The highest BCUT2D eigenvalue weighted by molar-refractivity contribution is 5.87. The highest BCUT2D eigenvalue weighted by atomic mass is 16.5. The first-order valence-electron chi connectivity index (χ1n) is 20.1. The van der Waals surface area contributed by atoms with Crippen molar-refractivity contribution >= 4 is 24.1 Å². The zero-order valence-corrected chi connectivity index (χ0v) is 30.5.